The molecule has 0 aliphatic carbocycles. The summed E-state index contributed by atoms with van der Waals surface area (Å²) in [6.45, 7) is 1.41. The topological polar surface area (TPSA) is 59.0 Å². The van der Waals surface area contributed by atoms with Crippen LogP contribution in [-0.4, -0.2) is 35.6 Å². The number of aliphatic hydroxyl groups is 1. The Labute approximate surface area is 181 Å². The molecule has 0 spiro atoms. The second kappa shape index (κ2) is 8.08. The van der Waals surface area contributed by atoms with E-state index in [9.17, 15) is 9.90 Å². The molecular formula is C26H25NO4. The maximum absolute atomic E-state index is 13.1. The second-order valence-corrected chi connectivity index (χ2v) is 8.16. The van der Waals surface area contributed by atoms with Gasteiger partial charge in [0.2, 0.25) is 0 Å². The predicted molar refractivity (Wildman–Crippen MR) is 117 cm³/mol. The molecule has 0 radical (unpaired) electrons. The number of aliphatic hydroxyl groups excluding tert-OH is 1. The van der Waals surface area contributed by atoms with Crippen molar-refractivity contribution < 1.29 is 19.4 Å². The minimum atomic E-state index is -1.10. The van der Waals surface area contributed by atoms with Crippen LogP contribution in [0.15, 0.2) is 78.9 Å². The molecule has 2 aliphatic heterocycles. The number of carbonyl (C=O) groups is 1. The molecule has 1 atom stereocenters. The molecule has 3 aromatic carbocycles. The van der Waals surface area contributed by atoms with Crippen LogP contribution in [0.1, 0.15) is 34.3 Å². The Morgan fingerprint density at radius 2 is 1.58 bits per heavy atom. The van der Waals surface area contributed by atoms with Gasteiger partial charge in [-0.1, -0.05) is 60.7 Å². The summed E-state index contributed by atoms with van der Waals surface area (Å²) in [7, 11) is 0. The predicted octanol–water partition coefficient (Wildman–Crippen LogP) is 4.20. The van der Waals surface area contributed by atoms with E-state index >= 15 is 0 Å². The number of carbonyl (C=O) groups excluding carboxylic acids is 1. The van der Waals surface area contributed by atoms with Crippen LogP contribution < -0.4 is 9.47 Å². The van der Waals surface area contributed by atoms with Crippen molar-refractivity contribution in [2.75, 3.05) is 19.7 Å². The Kier molecular flexibility index (Phi) is 5.12. The molecule has 3 aromatic rings. The van der Waals surface area contributed by atoms with Gasteiger partial charge in [-0.05, 0) is 37.0 Å². The van der Waals surface area contributed by atoms with Gasteiger partial charge in [0, 0.05) is 36.4 Å². The van der Waals surface area contributed by atoms with Crippen LogP contribution in [-0.2, 0) is 5.79 Å². The maximum Gasteiger partial charge on any atom is 0.305 e. The summed E-state index contributed by atoms with van der Waals surface area (Å²) in [5.74, 6) is 0.169. The van der Waals surface area contributed by atoms with Crippen molar-refractivity contribution in [3.05, 3.63) is 95.6 Å². The number of hydrogen-bond acceptors (Lipinski definition) is 4. The number of likely N-dealkylation sites (tertiary alicyclic amines) is 1. The average molecular weight is 415 g/mol. The summed E-state index contributed by atoms with van der Waals surface area (Å²) in [6, 6.07) is 25.0. The molecule has 0 bridgehead atoms. The molecule has 1 unspecified atom stereocenters. The first kappa shape index (κ1) is 19.6. The van der Waals surface area contributed by atoms with Gasteiger partial charge in [0.15, 0.2) is 11.5 Å². The van der Waals surface area contributed by atoms with E-state index < -0.39 is 5.79 Å². The largest absolute Gasteiger partial charge is 0.440 e. The van der Waals surface area contributed by atoms with Gasteiger partial charge in [0.1, 0.15) is 0 Å². The first-order chi connectivity index (χ1) is 15.2. The summed E-state index contributed by atoms with van der Waals surface area (Å²) in [5, 5.41) is 9.49. The van der Waals surface area contributed by atoms with E-state index in [1.807, 2.05) is 71.6 Å². The zero-order valence-corrected chi connectivity index (χ0v) is 17.2. The fourth-order valence-corrected chi connectivity index (χ4v) is 4.43. The summed E-state index contributed by atoms with van der Waals surface area (Å²) in [5.41, 5.74) is 2.33. The quantitative estimate of drug-likeness (QED) is 0.694. The van der Waals surface area contributed by atoms with Crippen LogP contribution in [0.5, 0.6) is 11.5 Å². The highest BCUT2D eigenvalue weighted by molar-refractivity contribution is 5.95. The fraction of sp³-hybridized carbons (Fsp3) is 0.269. The van der Waals surface area contributed by atoms with Crippen molar-refractivity contribution >= 4 is 5.91 Å². The molecular weight excluding hydrogens is 390 g/mol. The minimum Gasteiger partial charge on any atom is -0.440 e. The van der Waals surface area contributed by atoms with Crippen LogP contribution in [0.2, 0.25) is 0 Å². The van der Waals surface area contributed by atoms with Gasteiger partial charge in [-0.3, -0.25) is 4.79 Å². The number of ether oxygens (including phenoxy) is 2. The highest BCUT2D eigenvalue weighted by Gasteiger charge is 2.45. The summed E-state index contributed by atoms with van der Waals surface area (Å²) < 4.78 is 12.9. The number of nitrogens with zero attached hydrogens (tertiary/aromatic N) is 1. The van der Waals surface area contributed by atoms with Crippen molar-refractivity contribution in [3.63, 3.8) is 0 Å². The van der Waals surface area contributed by atoms with Crippen molar-refractivity contribution in [1.29, 1.82) is 0 Å². The lowest BCUT2D eigenvalue weighted by atomic mass is 9.97. The van der Waals surface area contributed by atoms with Gasteiger partial charge in [-0.25, -0.2) is 0 Å². The zero-order chi connectivity index (χ0) is 21.3. The van der Waals surface area contributed by atoms with E-state index in [1.165, 1.54) is 0 Å². The standard InChI is InChI=1S/C26H25NO4/c28-18-19-8-7-15-27(17-19)25(29)20-13-14-23-24(16-20)31-26(30-23,21-9-3-1-4-10-21)22-11-5-2-6-12-22/h1-6,9-14,16,19,28H,7-8,15,17-18H2. The van der Waals surface area contributed by atoms with E-state index in [1.54, 1.807) is 12.1 Å². The third-order valence-electron chi connectivity index (χ3n) is 6.07. The molecule has 2 heterocycles. The van der Waals surface area contributed by atoms with Gasteiger partial charge in [-0.2, -0.15) is 0 Å². The van der Waals surface area contributed by atoms with Gasteiger partial charge >= 0.3 is 5.79 Å². The minimum absolute atomic E-state index is 0.0403. The fourth-order valence-electron chi connectivity index (χ4n) is 4.43. The number of fused-ring (bicyclic) bond motifs is 1. The first-order valence-electron chi connectivity index (χ1n) is 10.7. The number of benzene rings is 3. The number of piperidine rings is 1. The van der Waals surface area contributed by atoms with Crippen molar-refractivity contribution in [2.24, 2.45) is 5.92 Å². The zero-order valence-electron chi connectivity index (χ0n) is 17.2. The molecule has 158 valence electrons. The van der Waals surface area contributed by atoms with Gasteiger partial charge in [-0.15, -0.1) is 0 Å². The van der Waals surface area contributed by atoms with Crippen molar-refractivity contribution in [1.82, 2.24) is 4.90 Å². The maximum atomic E-state index is 13.1. The Bertz CT molecular complexity index is 1030. The molecule has 1 N–H and O–H groups in total. The Morgan fingerprint density at radius 3 is 2.23 bits per heavy atom. The molecule has 31 heavy (non-hydrogen) atoms. The molecule has 0 saturated carbocycles. The number of hydrogen-bond donors (Lipinski definition) is 1. The summed E-state index contributed by atoms with van der Waals surface area (Å²) in [6.07, 6.45) is 1.87. The third-order valence-corrected chi connectivity index (χ3v) is 6.07. The highest BCUT2D eigenvalue weighted by atomic mass is 16.7. The van der Waals surface area contributed by atoms with Crippen molar-refractivity contribution in [2.45, 2.75) is 18.6 Å². The molecule has 1 saturated heterocycles. The van der Waals surface area contributed by atoms with Crippen LogP contribution in [0.3, 0.4) is 0 Å². The van der Waals surface area contributed by atoms with Crippen LogP contribution in [0, 0.1) is 5.92 Å². The Balaban J connectivity index is 1.48. The molecule has 2 aliphatic rings. The van der Waals surface area contributed by atoms with E-state index in [4.69, 9.17) is 9.47 Å². The molecule has 5 rings (SSSR count). The molecule has 5 nitrogen and oxygen atoms in total. The van der Waals surface area contributed by atoms with E-state index in [0.29, 0.717) is 30.2 Å². The van der Waals surface area contributed by atoms with Gasteiger partial charge < -0.3 is 19.5 Å². The monoisotopic (exact) mass is 415 g/mol. The first-order valence-corrected chi connectivity index (χ1v) is 10.7. The lowest BCUT2D eigenvalue weighted by Gasteiger charge is -2.32. The average Bonchev–Trinajstić information content (AvgIpc) is 3.25. The molecule has 1 amide bonds. The Hall–Kier alpha value is -3.31. The number of amides is 1. The molecule has 5 heteroatoms. The van der Waals surface area contributed by atoms with Crippen LogP contribution >= 0.6 is 0 Å². The van der Waals surface area contributed by atoms with E-state index in [0.717, 1.165) is 24.0 Å². The van der Waals surface area contributed by atoms with Gasteiger partial charge in [0.05, 0.1) is 0 Å². The van der Waals surface area contributed by atoms with Gasteiger partial charge in [0.25, 0.3) is 5.91 Å². The summed E-state index contributed by atoms with van der Waals surface area (Å²) >= 11 is 0. The third kappa shape index (κ3) is 3.55. The lowest BCUT2D eigenvalue weighted by molar-refractivity contribution is -0.0459. The number of rotatable bonds is 4. The SMILES string of the molecule is O=C(c1ccc2c(c1)OC(c1ccccc1)(c1ccccc1)O2)N1CCCC(CO)C1. The smallest absolute Gasteiger partial charge is 0.305 e. The second-order valence-electron chi connectivity index (χ2n) is 8.16. The molecule has 0 aromatic heterocycles. The highest BCUT2D eigenvalue weighted by Crippen LogP contribution is 2.48. The molecule has 1 fully saturated rings. The Morgan fingerprint density at radius 1 is 0.935 bits per heavy atom. The summed E-state index contributed by atoms with van der Waals surface area (Å²) in [4.78, 5) is 14.9. The van der Waals surface area contributed by atoms with Crippen LogP contribution in [0.4, 0.5) is 0 Å². The normalized spacial score (nSPS) is 19.3. The van der Waals surface area contributed by atoms with E-state index in [-0.39, 0.29) is 18.4 Å². The van der Waals surface area contributed by atoms with Crippen molar-refractivity contribution in [3.8, 4) is 11.5 Å². The lowest BCUT2D eigenvalue weighted by Crippen LogP contribution is -2.40. The van der Waals surface area contributed by atoms with E-state index in [2.05, 4.69) is 0 Å². The van der Waals surface area contributed by atoms with Crippen LogP contribution in [0.25, 0.3) is 0 Å².